The van der Waals surface area contributed by atoms with E-state index in [1.165, 1.54) is 4.90 Å². The second kappa shape index (κ2) is 7.33. The van der Waals surface area contributed by atoms with Crippen molar-refractivity contribution in [3.63, 3.8) is 0 Å². The van der Waals surface area contributed by atoms with Gasteiger partial charge in [-0.2, -0.15) is 0 Å². The zero-order chi connectivity index (χ0) is 13.5. The number of quaternary nitrogens is 1. The van der Waals surface area contributed by atoms with E-state index in [0.717, 1.165) is 26.3 Å². The van der Waals surface area contributed by atoms with Gasteiger partial charge in [0, 0.05) is 0 Å². The van der Waals surface area contributed by atoms with Gasteiger partial charge in [0.2, 0.25) is 0 Å². The van der Waals surface area contributed by atoms with Crippen molar-refractivity contribution in [2.24, 2.45) is 0 Å². The monoisotopic (exact) mass is 268 g/mol. The molecule has 0 unspecified atom stereocenters. The Morgan fingerprint density at radius 2 is 1.95 bits per heavy atom. The van der Waals surface area contributed by atoms with Crippen molar-refractivity contribution in [1.82, 2.24) is 0 Å². The van der Waals surface area contributed by atoms with Crippen LogP contribution in [0.4, 0.5) is 0 Å². The number of aliphatic hydroxyl groups excluding tert-OH is 1. The number of morpholine rings is 1. The molecule has 1 aromatic carbocycles. The van der Waals surface area contributed by atoms with E-state index in [2.05, 4.69) is 0 Å². The summed E-state index contributed by atoms with van der Waals surface area (Å²) in [5.41, 5.74) is 0. The predicted molar refractivity (Wildman–Crippen MR) is 70.9 cm³/mol. The summed E-state index contributed by atoms with van der Waals surface area (Å²) in [7, 11) is 1.61. The summed E-state index contributed by atoms with van der Waals surface area (Å²) >= 11 is 0. The van der Waals surface area contributed by atoms with Crippen LogP contribution in [-0.4, -0.2) is 57.8 Å². The molecule has 1 aliphatic heterocycles. The lowest BCUT2D eigenvalue weighted by molar-refractivity contribution is -0.911. The van der Waals surface area contributed by atoms with Gasteiger partial charge in [0.1, 0.15) is 32.3 Å². The minimum Gasteiger partial charge on any atom is -0.493 e. The SMILES string of the molecule is COc1ccccc1OC[C@H](O)C[NH+]1CCOCC1. The summed E-state index contributed by atoms with van der Waals surface area (Å²) < 4.78 is 16.1. The Bertz CT molecular complexity index is 379. The standard InChI is InChI=1S/C14H21NO4/c1-17-13-4-2-3-5-14(13)19-11-12(16)10-15-6-8-18-9-7-15/h2-5,12,16H,6-11H2,1H3/p+1/t12-/m1/s1. The summed E-state index contributed by atoms with van der Waals surface area (Å²) in [5, 5.41) is 10.00. The minimum atomic E-state index is -0.474. The number of para-hydroxylation sites is 2. The van der Waals surface area contributed by atoms with E-state index >= 15 is 0 Å². The van der Waals surface area contributed by atoms with E-state index in [1.54, 1.807) is 7.11 Å². The highest BCUT2D eigenvalue weighted by Gasteiger charge is 2.18. The lowest BCUT2D eigenvalue weighted by Crippen LogP contribution is -3.15. The summed E-state index contributed by atoms with van der Waals surface area (Å²) in [5.74, 6) is 1.36. The van der Waals surface area contributed by atoms with Crippen molar-refractivity contribution >= 4 is 0 Å². The van der Waals surface area contributed by atoms with Gasteiger partial charge < -0.3 is 24.2 Å². The fraction of sp³-hybridized carbons (Fsp3) is 0.571. The van der Waals surface area contributed by atoms with E-state index < -0.39 is 6.10 Å². The van der Waals surface area contributed by atoms with Gasteiger partial charge >= 0.3 is 0 Å². The fourth-order valence-corrected chi connectivity index (χ4v) is 2.18. The highest BCUT2D eigenvalue weighted by atomic mass is 16.5. The summed E-state index contributed by atoms with van der Waals surface area (Å²) in [6.07, 6.45) is -0.474. The number of aliphatic hydroxyl groups is 1. The van der Waals surface area contributed by atoms with Gasteiger partial charge in [-0.15, -0.1) is 0 Å². The zero-order valence-electron chi connectivity index (χ0n) is 11.3. The predicted octanol–water partition coefficient (Wildman–Crippen LogP) is -0.650. The molecule has 0 aromatic heterocycles. The molecular formula is C14H22NO4+. The van der Waals surface area contributed by atoms with Crippen LogP contribution in [0.3, 0.4) is 0 Å². The highest BCUT2D eigenvalue weighted by molar-refractivity contribution is 5.39. The van der Waals surface area contributed by atoms with Crippen LogP contribution in [0.1, 0.15) is 0 Å². The third-order valence-corrected chi connectivity index (χ3v) is 3.22. The number of ether oxygens (including phenoxy) is 3. The van der Waals surface area contributed by atoms with E-state index in [9.17, 15) is 5.11 Å². The van der Waals surface area contributed by atoms with Gasteiger partial charge in [-0.25, -0.2) is 0 Å². The summed E-state index contributed by atoms with van der Waals surface area (Å²) in [4.78, 5) is 1.36. The molecule has 1 fully saturated rings. The first-order valence-corrected chi connectivity index (χ1v) is 6.65. The van der Waals surface area contributed by atoms with Crippen LogP contribution in [0.2, 0.25) is 0 Å². The molecule has 2 rings (SSSR count). The van der Waals surface area contributed by atoms with Crippen LogP contribution < -0.4 is 14.4 Å². The Labute approximate surface area is 113 Å². The maximum Gasteiger partial charge on any atom is 0.161 e. The molecule has 1 aliphatic rings. The number of rotatable bonds is 6. The van der Waals surface area contributed by atoms with Crippen LogP contribution in [-0.2, 0) is 4.74 Å². The average Bonchev–Trinajstić information content (AvgIpc) is 2.46. The van der Waals surface area contributed by atoms with Crippen LogP contribution in [0.25, 0.3) is 0 Å². The van der Waals surface area contributed by atoms with Gasteiger partial charge in [-0.05, 0) is 12.1 Å². The average molecular weight is 268 g/mol. The van der Waals surface area contributed by atoms with Crippen molar-refractivity contribution in [3.05, 3.63) is 24.3 Å². The van der Waals surface area contributed by atoms with Gasteiger partial charge in [-0.1, -0.05) is 12.1 Å². The first-order chi connectivity index (χ1) is 9.29. The van der Waals surface area contributed by atoms with E-state index in [-0.39, 0.29) is 6.61 Å². The molecule has 1 atom stereocenters. The molecule has 0 amide bonds. The highest BCUT2D eigenvalue weighted by Crippen LogP contribution is 2.25. The molecule has 0 bridgehead atoms. The molecule has 2 N–H and O–H groups in total. The minimum absolute atomic E-state index is 0.282. The molecule has 1 saturated heterocycles. The number of nitrogens with one attached hydrogen (secondary N) is 1. The van der Waals surface area contributed by atoms with Gasteiger partial charge in [0.25, 0.3) is 0 Å². The molecule has 1 heterocycles. The first-order valence-electron chi connectivity index (χ1n) is 6.65. The molecule has 0 saturated carbocycles. The van der Waals surface area contributed by atoms with Crippen LogP contribution in [0, 0.1) is 0 Å². The van der Waals surface area contributed by atoms with Gasteiger partial charge in [0.05, 0.1) is 20.3 Å². The van der Waals surface area contributed by atoms with Crippen molar-refractivity contribution in [1.29, 1.82) is 0 Å². The molecule has 106 valence electrons. The van der Waals surface area contributed by atoms with Crippen LogP contribution in [0.5, 0.6) is 11.5 Å². The smallest absolute Gasteiger partial charge is 0.161 e. The Kier molecular flexibility index (Phi) is 5.44. The van der Waals surface area contributed by atoms with Crippen molar-refractivity contribution in [2.75, 3.05) is 46.6 Å². The van der Waals surface area contributed by atoms with Crippen molar-refractivity contribution in [2.45, 2.75) is 6.10 Å². The van der Waals surface area contributed by atoms with Gasteiger partial charge in [0.15, 0.2) is 11.5 Å². The zero-order valence-corrected chi connectivity index (χ0v) is 11.3. The second-order valence-electron chi connectivity index (χ2n) is 4.68. The fourth-order valence-electron chi connectivity index (χ4n) is 2.18. The van der Waals surface area contributed by atoms with E-state index in [1.807, 2.05) is 24.3 Å². The number of hydrogen-bond acceptors (Lipinski definition) is 4. The number of hydrogen-bond donors (Lipinski definition) is 2. The lowest BCUT2D eigenvalue weighted by atomic mass is 10.3. The molecule has 5 nitrogen and oxygen atoms in total. The summed E-state index contributed by atoms with van der Waals surface area (Å²) in [6, 6.07) is 7.46. The molecule has 0 radical (unpaired) electrons. The molecule has 5 heteroatoms. The van der Waals surface area contributed by atoms with Gasteiger partial charge in [-0.3, -0.25) is 0 Å². The third kappa shape index (κ3) is 4.38. The van der Waals surface area contributed by atoms with E-state index in [4.69, 9.17) is 14.2 Å². The normalized spacial score (nSPS) is 18.0. The van der Waals surface area contributed by atoms with E-state index in [0.29, 0.717) is 18.0 Å². The molecule has 1 aromatic rings. The Balaban J connectivity index is 1.77. The maximum absolute atomic E-state index is 10.00. The largest absolute Gasteiger partial charge is 0.493 e. The Hall–Kier alpha value is -1.30. The molecular weight excluding hydrogens is 246 g/mol. The first kappa shape index (κ1) is 14.1. The number of benzene rings is 1. The molecule has 0 spiro atoms. The summed E-state index contributed by atoms with van der Waals surface area (Å²) in [6.45, 7) is 4.42. The van der Waals surface area contributed by atoms with Crippen molar-refractivity contribution < 1.29 is 24.2 Å². The van der Waals surface area contributed by atoms with Crippen molar-refractivity contribution in [3.8, 4) is 11.5 Å². The lowest BCUT2D eigenvalue weighted by Gasteiger charge is -2.25. The quantitative estimate of drug-likeness (QED) is 0.720. The number of methoxy groups -OCH3 is 1. The topological polar surface area (TPSA) is 52.4 Å². The van der Waals surface area contributed by atoms with Crippen LogP contribution in [0.15, 0.2) is 24.3 Å². The Morgan fingerprint density at radius 1 is 1.26 bits per heavy atom. The third-order valence-electron chi connectivity index (χ3n) is 3.22. The second-order valence-corrected chi connectivity index (χ2v) is 4.68. The molecule has 19 heavy (non-hydrogen) atoms. The van der Waals surface area contributed by atoms with Crippen LogP contribution >= 0.6 is 0 Å². The maximum atomic E-state index is 10.00. The Morgan fingerprint density at radius 3 is 2.63 bits per heavy atom. The molecule has 0 aliphatic carbocycles.